The highest BCUT2D eigenvalue weighted by Crippen LogP contribution is 2.20. The van der Waals surface area contributed by atoms with Crippen molar-refractivity contribution in [2.75, 3.05) is 0 Å². The maximum atomic E-state index is 12.9. The van der Waals surface area contributed by atoms with E-state index in [1.54, 1.807) is 24.5 Å². The molecule has 0 fully saturated rings. The summed E-state index contributed by atoms with van der Waals surface area (Å²) in [6.45, 7) is 0.203. The Morgan fingerprint density at radius 3 is 2.67 bits per heavy atom. The van der Waals surface area contributed by atoms with Gasteiger partial charge < -0.3 is 9.84 Å². The van der Waals surface area contributed by atoms with E-state index >= 15 is 0 Å². The van der Waals surface area contributed by atoms with Crippen molar-refractivity contribution in [3.8, 4) is 5.75 Å². The van der Waals surface area contributed by atoms with Crippen molar-refractivity contribution in [1.82, 2.24) is 4.98 Å². The van der Waals surface area contributed by atoms with Gasteiger partial charge in [0.15, 0.2) is 0 Å². The Bertz CT molecular complexity index is 557. The minimum atomic E-state index is -1.22. The van der Waals surface area contributed by atoms with E-state index in [4.69, 9.17) is 9.84 Å². The van der Waals surface area contributed by atoms with Crippen LogP contribution < -0.4 is 4.74 Å². The second-order valence-electron chi connectivity index (χ2n) is 3.59. The van der Waals surface area contributed by atoms with E-state index in [2.05, 4.69) is 4.98 Å². The van der Waals surface area contributed by atoms with E-state index in [9.17, 15) is 9.18 Å². The SMILES string of the molecule is O=C(O)c1cc(F)ccc1OCc1ccncc1. The first-order valence-corrected chi connectivity index (χ1v) is 5.21. The standard InChI is InChI=1S/C13H10FNO3/c14-10-1-2-12(11(7-10)13(16)17)18-8-9-3-5-15-6-4-9/h1-7H,8H2,(H,16,17). The highest BCUT2D eigenvalue weighted by molar-refractivity contribution is 5.90. The van der Waals surface area contributed by atoms with Crippen LogP contribution in [0.4, 0.5) is 4.39 Å². The van der Waals surface area contributed by atoms with Crippen LogP contribution in [0.15, 0.2) is 42.7 Å². The molecule has 0 aliphatic heterocycles. The fourth-order valence-electron chi connectivity index (χ4n) is 1.44. The van der Waals surface area contributed by atoms with Crippen molar-refractivity contribution in [2.24, 2.45) is 0 Å². The Morgan fingerprint density at radius 1 is 1.28 bits per heavy atom. The first kappa shape index (κ1) is 12.0. The summed E-state index contributed by atoms with van der Waals surface area (Å²) in [7, 11) is 0. The number of hydrogen-bond acceptors (Lipinski definition) is 3. The summed E-state index contributed by atoms with van der Waals surface area (Å²) in [6.07, 6.45) is 3.23. The molecule has 1 aromatic heterocycles. The number of nitrogens with zero attached hydrogens (tertiary/aromatic N) is 1. The Hall–Kier alpha value is -2.43. The lowest BCUT2D eigenvalue weighted by Gasteiger charge is -2.09. The van der Waals surface area contributed by atoms with Gasteiger partial charge in [-0.1, -0.05) is 0 Å². The Balaban J connectivity index is 2.17. The summed E-state index contributed by atoms with van der Waals surface area (Å²) >= 11 is 0. The minimum absolute atomic E-state index is 0.140. The smallest absolute Gasteiger partial charge is 0.339 e. The minimum Gasteiger partial charge on any atom is -0.488 e. The summed E-state index contributed by atoms with van der Waals surface area (Å²) in [5.74, 6) is -1.69. The Morgan fingerprint density at radius 2 is 2.00 bits per heavy atom. The summed E-state index contributed by atoms with van der Waals surface area (Å²) < 4.78 is 18.3. The molecule has 2 aromatic rings. The number of carboxylic acid groups (broad SMARTS) is 1. The van der Waals surface area contributed by atoms with Crippen molar-refractivity contribution in [3.63, 3.8) is 0 Å². The van der Waals surface area contributed by atoms with Crippen LogP contribution in [0.1, 0.15) is 15.9 Å². The summed E-state index contributed by atoms with van der Waals surface area (Å²) in [4.78, 5) is 14.8. The molecule has 0 bridgehead atoms. The maximum Gasteiger partial charge on any atom is 0.339 e. The van der Waals surface area contributed by atoms with Crippen LogP contribution >= 0.6 is 0 Å². The number of ether oxygens (including phenoxy) is 1. The average Bonchev–Trinajstić information content (AvgIpc) is 2.38. The van der Waals surface area contributed by atoms with Crippen LogP contribution in [0.25, 0.3) is 0 Å². The molecular formula is C13H10FNO3. The third-order valence-electron chi connectivity index (χ3n) is 2.32. The van der Waals surface area contributed by atoms with Crippen molar-refractivity contribution in [3.05, 3.63) is 59.7 Å². The number of carbonyl (C=O) groups is 1. The van der Waals surface area contributed by atoms with E-state index in [-0.39, 0.29) is 17.9 Å². The van der Waals surface area contributed by atoms with Gasteiger partial charge in [-0.05, 0) is 35.9 Å². The van der Waals surface area contributed by atoms with Crippen molar-refractivity contribution in [1.29, 1.82) is 0 Å². The zero-order chi connectivity index (χ0) is 13.0. The summed E-state index contributed by atoms with van der Waals surface area (Å²) in [6, 6.07) is 6.91. The van der Waals surface area contributed by atoms with Gasteiger partial charge in [-0.15, -0.1) is 0 Å². The molecule has 2 rings (SSSR count). The predicted molar refractivity (Wildman–Crippen MR) is 61.9 cm³/mol. The quantitative estimate of drug-likeness (QED) is 0.901. The molecule has 0 unspecified atom stereocenters. The fraction of sp³-hybridized carbons (Fsp3) is 0.0769. The van der Waals surface area contributed by atoms with Gasteiger partial charge in [-0.25, -0.2) is 9.18 Å². The molecule has 0 saturated heterocycles. The molecule has 5 heteroatoms. The third kappa shape index (κ3) is 2.82. The normalized spacial score (nSPS) is 10.1. The number of pyridine rings is 1. The number of aromatic nitrogens is 1. The van der Waals surface area contributed by atoms with Crippen LogP contribution in [0, 0.1) is 5.82 Å². The molecule has 0 radical (unpaired) electrons. The zero-order valence-corrected chi connectivity index (χ0v) is 9.34. The molecule has 1 heterocycles. The molecule has 0 atom stereocenters. The maximum absolute atomic E-state index is 12.9. The Labute approximate surface area is 103 Å². The largest absolute Gasteiger partial charge is 0.488 e. The molecule has 92 valence electrons. The molecule has 0 saturated carbocycles. The highest BCUT2D eigenvalue weighted by Gasteiger charge is 2.12. The number of benzene rings is 1. The van der Waals surface area contributed by atoms with Crippen molar-refractivity contribution < 1.29 is 19.0 Å². The fourth-order valence-corrected chi connectivity index (χ4v) is 1.44. The molecule has 18 heavy (non-hydrogen) atoms. The van der Waals surface area contributed by atoms with Crippen LogP contribution in [-0.4, -0.2) is 16.1 Å². The molecule has 1 N–H and O–H groups in total. The van der Waals surface area contributed by atoms with Gasteiger partial charge in [0, 0.05) is 12.4 Å². The first-order chi connectivity index (χ1) is 8.66. The lowest BCUT2D eigenvalue weighted by molar-refractivity contribution is 0.0691. The average molecular weight is 247 g/mol. The molecule has 0 aliphatic rings. The molecule has 0 amide bonds. The van der Waals surface area contributed by atoms with Gasteiger partial charge in [0.1, 0.15) is 23.7 Å². The number of rotatable bonds is 4. The highest BCUT2D eigenvalue weighted by atomic mass is 19.1. The number of carboxylic acids is 1. The van der Waals surface area contributed by atoms with E-state index in [0.717, 1.165) is 17.7 Å². The third-order valence-corrected chi connectivity index (χ3v) is 2.32. The number of halogens is 1. The van der Waals surface area contributed by atoms with Gasteiger partial charge in [-0.2, -0.15) is 0 Å². The number of hydrogen-bond donors (Lipinski definition) is 1. The van der Waals surface area contributed by atoms with Gasteiger partial charge in [-0.3, -0.25) is 4.98 Å². The lowest BCUT2D eigenvalue weighted by Crippen LogP contribution is -2.04. The van der Waals surface area contributed by atoms with Crippen LogP contribution in [0.3, 0.4) is 0 Å². The van der Waals surface area contributed by atoms with Gasteiger partial charge in [0.25, 0.3) is 0 Å². The van der Waals surface area contributed by atoms with Gasteiger partial charge >= 0.3 is 5.97 Å². The van der Waals surface area contributed by atoms with E-state index in [1.807, 2.05) is 0 Å². The van der Waals surface area contributed by atoms with E-state index in [1.165, 1.54) is 6.07 Å². The first-order valence-electron chi connectivity index (χ1n) is 5.21. The molecule has 0 aliphatic carbocycles. The van der Waals surface area contributed by atoms with Crippen molar-refractivity contribution in [2.45, 2.75) is 6.61 Å². The van der Waals surface area contributed by atoms with Crippen LogP contribution in [0.5, 0.6) is 5.75 Å². The summed E-state index contributed by atoms with van der Waals surface area (Å²) in [5, 5.41) is 8.93. The van der Waals surface area contributed by atoms with Crippen LogP contribution in [0.2, 0.25) is 0 Å². The van der Waals surface area contributed by atoms with E-state index in [0.29, 0.717) is 0 Å². The molecule has 4 nitrogen and oxygen atoms in total. The number of aromatic carboxylic acids is 1. The molecular weight excluding hydrogens is 237 g/mol. The topological polar surface area (TPSA) is 59.4 Å². The predicted octanol–water partition coefficient (Wildman–Crippen LogP) is 2.50. The van der Waals surface area contributed by atoms with Gasteiger partial charge in [0.2, 0.25) is 0 Å². The lowest BCUT2D eigenvalue weighted by atomic mass is 10.2. The molecule has 0 spiro atoms. The zero-order valence-electron chi connectivity index (χ0n) is 9.34. The summed E-state index contributed by atoms with van der Waals surface area (Å²) in [5.41, 5.74) is 0.662. The second kappa shape index (κ2) is 5.27. The molecule has 1 aromatic carbocycles. The van der Waals surface area contributed by atoms with Crippen LogP contribution in [-0.2, 0) is 6.61 Å². The Kier molecular flexibility index (Phi) is 3.52. The monoisotopic (exact) mass is 247 g/mol. The second-order valence-corrected chi connectivity index (χ2v) is 3.59. The van der Waals surface area contributed by atoms with Gasteiger partial charge in [0.05, 0.1) is 0 Å². The van der Waals surface area contributed by atoms with E-state index < -0.39 is 11.8 Å². The van der Waals surface area contributed by atoms with Crippen molar-refractivity contribution >= 4 is 5.97 Å².